The second-order valence-electron chi connectivity index (χ2n) is 7.67. The molecule has 3 aromatic rings. The van der Waals surface area contributed by atoms with E-state index in [9.17, 15) is 0 Å². The smallest absolute Gasteiger partial charge is 0.144 e. The van der Waals surface area contributed by atoms with Crippen LogP contribution in [0.2, 0.25) is 0 Å². The van der Waals surface area contributed by atoms with E-state index in [2.05, 4.69) is 63.4 Å². The van der Waals surface area contributed by atoms with Gasteiger partial charge in [-0.3, -0.25) is 4.90 Å². The number of benzene rings is 2. The summed E-state index contributed by atoms with van der Waals surface area (Å²) in [6, 6.07) is 14.9. The summed E-state index contributed by atoms with van der Waals surface area (Å²) in [6.07, 6.45) is 6.72. The molecule has 6 nitrogen and oxygen atoms in total. The SMILES string of the molecule is CCCN1CCN(c2ccccc2CNc2ccc(-n3ccnc3)cc2OC)CC1. The highest BCUT2D eigenvalue weighted by molar-refractivity contribution is 5.62. The number of anilines is 2. The number of nitrogens with zero attached hydrogens (tertiary/aromatic N) is 4. The van der Waals surface area contributed by atoms with Gasteiger partial charge in [0.15, 0.2) is 0 Å². The van der Waals surface area contributed by atoms with E-state index in [-0.39, 0.29) is 0 Å². The fourth-order valence-corrected chi connectivity index (χ4v) is 4.09. The number of ether oxygens (including phenoxy) is 1. The number of para-hydroxylation sites is 1. The predicted molar refractivity (Wildman–Crippen MR) is 123 cm³/mol. The highest BCUT2D eigenvalue weighted by atomic mass is 16.5. The molecule has 4 rings (SSSR count). The van der Waals surface area contributed by atoms with Crippen LogP contribution in [0.1, 0.15) is 18.9 Å². The molecule has 0 spiro atoms. The molecule has 2 heterocycles. The highest BCUT2D eigenvalue weighted by Gasteiger charge is 2.18. The lowest BCUT2D eigenvalue weighted by Gasteiger charge is -2.37. The van der Waals surface area contributed by atoms with E-state index in [0.717, 1.165) is 49.8 Å². The van der Waals surface area contributed by atoms with Crippen LogP contribution < -0.4 is 15.0 Å². The minimum atomic E-state index is 0.756. The minimum Gasteiger partial charge on any atom is -0.495 e. The number of nitrogens with one attached hydrogen (secondary N) is 1. The summed E-state index contributed by atoms with van der Waals surface area (Å²) in [5, 5.41) is 3.57. The third kappa shape index (κ3) is 4.60. The molecule has 1 fully saturated rings. The van der Waals surface area contributed by atoms with Gasteiger partial charge in [0.1, 0.15) is 5.75 Å². The Balaban J connectivity index is 1.46. The number of hydrogen-bond acceptors (Lipinski definition) is 5. The Morgan fingerprint density at radius 3 is 2.63 bits per heavy atom. The van der Waals surface area contributed by atoms with Crippen molar-refractivity contribution in [2.24, 2.45) is 0 Å². The lowest BCUT2D eigenvalue weighted by Crippen LogP contribution is -2.46. The Bertz CT molecular complexity index is 933. The van der Waals surface area contributed by atoms with E-state index in [0.29, 0.717) is 0 Å². The topological polar surface area (TPSA) is 45.6 Å². The number of aromatic nitrogens is 2. The van der Waals surface area contributed by atoms with Crippen molar-refractivity contribution < 1.29 is 4.74 Å². The number of methoxy groups -OCH3 is 1. The van der Waals surface area contributed by atoms with Crippen molar-refractivity contribution in [3.63, 3.8) is 0 Å². The maximum absolute atomic E-state index is 5.64. The molecule has 2 aromatic carbocycles. The quantitative estimate of drug-likeness (QED) is 0.613. The standard InChI is InChI=1S/C24H31N5O/c1-3-11-27-13-15-28(16-14-27)23-7-5-4-6-20(23)18-26-22-9-8-21(17-24(22)30-2)29-12-10-25-19-29/h4-10,12,17,19,26H,3,11,13-16,18H2,1-2H3. The minimum absolute atomic E-state index is 0.756. The first-order valence-corrected chi connectivity index (χ1v) is 10.7. The maximum Gasteiger partial charge on any atom is 0.144 e. The van der Waals surface area contributed by atoms with Gasteiger partial charge >= 0.3 is 0 Å². The summed E-state index contributed by atoms with van der Waals surface area (Å²) >= 11 is 0. The Labute approximate surface area is 179 Å². The van der Waals surface area contributed by atoms with Crippen molar-refractivity contribution in [3.05, 3.63) is 66.7 Å². The Hall–Kier alpha value is -2.99. The van der Waals surface area contributed by atoms with Crippen molar-refractivity contribution in [2.75, 3.05) is 50.1 Å². The molecule has 0 bridgehead atoms. The first-order chi connectivity index (χ1) is 14.8. The van der Waals surface area contributed by atoms with Crippen molar-refractivity contribution in [2.45, 2.75) is 19.9 Å². The first kappa shape index (κ1) is 20.3. The van der Waals surface area contributed by atoms with E-state index in [1.54, 1.807) is 19.6 Å². The van der Waals surface area contributed by atoms with Crippen molar-refractivity contribution >= 4 is 11.4 Å². The fraction of sp³-hybridized carbons (Fsp3) is 0.375. The van der Waals surface area contributed by atoms with Crippen molar-refractivity contribution in [1.29, 1.82) is 0 Å². The van der Waals surface area contributed by atoms with Crippen LogP contribution in [-0.2, 0) is 6.54 Å². The van der Waals surface area contributed by atoms with Gasteiger partial charge in [-0.15, -0.1) is 0 Å². The molecule has 0 aliphatic carbocycles. The van der Waals surface area contributed by atoms with Crippen LogP contribution in [0.5, 0.6) is 5.75 Å². The van der Waals surface area contributed by atoms with Gasteiger partial charge in [-0.05, 0) is 36.7 Å². The van der Waals surface area contributed by atoms with Gasteiger partial charge in [0.25, 0.3) is 0 Å². The van der Waals surface area contributed by atoms with Gasteiger partial charge in [-0.1, -0.05) is 25.1 Å². The summed E-state index contributed by atoms with van der Waals surface area (Å²) in [7, 11) is 1.71. The molecule has 1 aromatic heterocycles. The van der Waals surface area contributed by atoms with Gasteiger partial charge in [-0.25, -0.2) is 4.98 Å². The first-order valence-electron chi connectivity index (χ1n) is 10.7. The summed E-state index contributed by atoms with van der Waals surface area (Å²) in [4.78, 5) is 9.20. The average Bonchev–Trinajstić information content (AvgIpc) is 3.34. The molecule has 158 valence electrons. The molecule has 30 heavy (non-hydrogen) atoms. The molecule has 0 radical (unpaired) electrons. The van der Waals surface area contributed by atoms with Crippen LogP contribution >= 0.6 is 0 Å². The normalized spacial score (nSPS) is 14.7. The maximum atomic E-state index is 5.64. The zero-order chi connectivity index (χ0) is 20.8. The van der Waals surface area contributed by atoms with Crippen LogP contribution in [0.4, 0.5) is 11.4 Å². The van der Waals surface area contributed by atoms with E-state index >= 15 is 0 Å². The van der Waals surface area contributed by atoms with Crippen LogP contribution in [0, 0.1) is 0 Å². The van der Waals surface area contributed by atoms with Crippen LogP contribution in [0.15, 0.2) is 61.2 Å². The van der Waals surface area contributed by atoms with Gasteiger partial charge in [-0.2, -0.15) is 0 Å². The van der Waals surface area contributed by atoms with E-state index in [1.165, 1.54) is 24.2 Å². The molecule has 1 aliphatic heterocycles. The van der Waals surface area contributed by atoms with Gasteiger partial charge < -0.3 is 19.5 Å². The third-order valence-electron chi connectivity index (χ3n) is 5.70. The van der Waals surface area contributed by atoms with Crippen molar-refractivity contribution in [3.8, 4) is 11.4 Å². The van der Waals surface area contributed by atoms with Gasteiger partial charge in [0.05, 0.1) is 24.8 Å². The Kier molecular flexibility index (Phi) is 6.54. The molecule has 0 unspecified atom stereocenters. The summed E-state index contributed by atoms with van der Waals surface area (Å²) < 4.78 is 7.61. The number of hydrogen-bond donors (Lipinski definition) is 1. The van der Waals surface area contributed by atoms with E-state index in [4.69, 9.17) is 4.74 Å². The second kappa shape index (κ2) is 9.67. The lowest BCUT2D eigenvalue weighted by atomic mass is 10.1. The number of rotatable bonds is 8. The third-order valence-corrected chi connectivity index (χ3v) is 5.70. The Morgan fingerprint density at radius 2 is 1.90 bits per heavy atom. The molecular weight excluding hydrogens is 374 g/mol. The van der Waals surface area contributed by atoms with Crippen LogP contribution in [-0.4, -0.2) is 54.3 Å². The summed E-state index contributed by atoms with van der Waals surface area (Å²) in [5.74, 6) is 0.826. The van der Waals surface area contributed by atoms with Crippen LogP contribution in [0.3, 0.4) is 0 Å². The molecule has 6 heteroatoms. The molecule has 1 saturated heterocycles. The van der Waals surface area contributed by atoms with E-state index < -0.39 is 0 Å². The number of piperazine rings is 1. The molecule has 0 atom stereocenters. The van der Waals surface area contributed by atoms with Crippen molar-refractivity contribution in [1.82, 2.24) is 14.5 Å². The van der Waals surface area contributed by atoms with Gasteiger partial charge in [0, 0.05) is 56.9 Å². The molecule has 1 N–H and O–H groups in total. The zero-order valence-electron chi connectivity index (χ0n) is 17.9. The molecule has 0 saturated carbocycles. The fourth-order valence-electron chi connectivity index (χ4n) is 4.09. The molecule has 1 aliphatic rings. The zero-order valence-corrected chi connectivity index (χ0v) is 17.9. The summed E-state index contributed by atoms with van der Waals surface area (Å²) in [6.45, 7) is 8.65. The molecule has 0 amide bonds. The highest BCUT2D eigenvalue weighted by Crippen LogP contribution is 2.29. The summed E-state index contributed by atoms with van der Waals surface area (Å²) in [5.41, 5.74) is 4.65. The monoisotopic (exact) mass is 405 g/mol. The van der Waals surface area contributed by atoms with E-state index in [1.807, 2.05) is 16.8 Å². The van der Waals surface area contributed by atoms with Gasteiger partial charge in [0.2, 0.25) is 0 Å². The second-order valence-corrected chi connectivity index (χ2v) is 7.67. The lowest BCUT2D eigenvalue weighted by molar-refractivity contribution is 0.258. The largest absolute Gasteiger partial charge is 0.495 e. The number of imidazole rings is 1. The van der Waals surface area contributed by atoms with Crippen LogP contribution in [0.25, 0.3) is 5.69 Å². The predicted octanol–water partition coefficient (Wildman–Crippen LogP) is 4.03. The molecular formula is C24H31N5O. The average molecular weight is 406 g/mol. The Morgan fingerprint density at radius 1 is 1.07 bits per heavy atom.